The summed E-state index contributed by atoms with van der Waals surface area (Å²) in [6, 6.07) is 1.08. The minimum absolute atomic E-state index is 0.402. The van der Waals surface area contributed by atoms with E-state index in [0.29, 0.717) is 19.6 Å². The van der Waals surface area contributed by atoms with Crippen molar-refractivity contribution in [1.82, 2.24) is 10.2 Å². The molecule has 0 aliphatic carbocycles. The van der Waals surface area contributed by atoms with Crippen molar-refractivity contribution in [3.05, 3.63) is 0 Å². The van der Waals surface area contributed by atoms with E-state index in [0.717, 1.165) is 0 Å². The molecule has 1 fully saturated rings. The highest BCUT2D eigenvalue weighted by atomic mass is 16.2. The molecule has 1 heterocycles. The summed E-state index contributed by atoms with van der Waals surface area (Å²) in [6.07, 6.45) is 0. The number of carbonyl (C=O) groups excluding carboxylic acids is 1. The molecule has 1 atom stereocenters. The summed E-state index contributed by atoms with van der Waals surface area (Å²) in [4.78, 5) is 12.1. The maximum absolute atomic E-state index is 10.7. The molecule has 0 aromatic rings. The summed E-state index contributed by atoms with van der Waals surface area (Å²) >= 11 is 0. The molecule has 1 aliphatic rings. The van der Waals surface area contributed by atoms with Gasteiger partial charge in [-0.05, 0) is 0 Å². The summed E-state index contributed by atoms with van der Waals surface area (Å²) < 4.78 is 0. The molecule has 1 saturated heterocycles. The number of piperazine rings is 1. The van der Waals surface area contributed by atoms with Crippen molar-refractivity contribution in [3.8, 4) is 6.07 Å². The minimum atomic E-state index is -0.516. The zero-order chi connectivity index (χ0) is 8.27. The van der Waals surface area contributed by atoms with Crippen molar-refractivity contribution in [1.29, 1.82) is 5.26 Å². The highest BCUT2D eigenvalue weighted by Gasteiger charge is 2.23. The van der Waals surface area contributed by atoms with Gasteiger partial charge in [0.05, 0.1) is 6.07 Å². The first-order valence-corrected chi connectivity index (χ1v) is 3.42. The van der Waals surface area contributed by atoms with E-state index in [1.165, 1.54) is 4.90 Å². The largest absolute Gasteiger partial charge is 0.351 e. The van der Waals surface area contributed by atoms with E-state index in [2.05, 4.69) is 5.32 Å². The molecule has 0 aromatic heterocycles. The van der Waals surface area contributed by atoms with Gasteiger partial charge >= 0.3 is 6.03 Å². The number of hydrogen-bond donors (Lipinski definition) is 2. The van der Waals surface area contributed by atoms with Crippen molar-refractivity contribution >= 4 is 6.03 Å². The van der Waals surface area contributed by atoms with Crippen LogP contribution in [0.25, 0.3) is 0 Å². The van der Waals surface area contributed by atoms with Crippen LogP contribution in [0.15, 0.2) is 0 Å². The predicted octanol–water partition coefficient (Wildman–Crippen LogP) is -1.14. The summed E-state index contributed by atoms with van der Waals surface area (Å²) in [6.45, 7) is 1.74. The lowest BCUT2D eigenvalue weighted by Gasteiger charge is -2.30. The van der Waals surface area contributed by atoms with E-state index < -0.39 is 12.1 Å². The van der Waals surface area contributed by atoms with Crippen LogP contribution >= 0.6 is 0 Å². The van der Waals surface area contributed by atoms with Gasteiger partial charge in [-0.3, -0.25) is 0 Å². The summed E-state index contributed by atoms with van der Waals surface area (Å²) in [5.74, 6) is 0. The standard InChI is InChI=1S/C6H10N4O/c7-3-5-4-9-1-2-10(5)6(8)11/h5,9H,1-2,4H2,(H2,8,11). The molecular weight excluding hydrogens is 144 g/mol. The van der Waals surface area contributed by atoms with Gasteiger partial charge in [0.15, 0.2) is 0 Å². The van der Waals surface area contributed by atoms with Crippen molar-refractivity contribution in [2.45, 2.75) is 6.04 Å². The lowest BCUT2D eigenvalue weighted by molar-refractivity contribution is 0.184. The maximum Gasteiger partial charge on any atom is 0.315 e. The molecule has 3 N–H and O–H groups in total. The van der Waals surface area contributed by atoms with E-state index in [4.69, 9.17) is 11.0 Å². The van der Waals surface area contributed by atoms with Crippen LogP contribution in [-0.4, -0.2) is 36.6 Å². The summed E-state index contributed by atoms with van der Waals surface area (Å²) in [5, 5.41) is 11.6. The van der Waals surface area contributed by atoms with Crippen molar-refractivity contribution in [3.63, 3.8) is 0 Å². The molecule has 0 aromatic carbocycles. The van der Waals surface area contributed by atoms with Crippen LogP contribution in [0.1, 0.15) is 0 Å². The van der Waals surface area contributed by atoms with E-state index in [-0.39, 0.29) is 0 Å². The summed E-state index contributed by atoms with van der Waals surface area (Å²) in [7, 11) is 0. The molecule has 2 amide bonds. The number of hydrogen-bond acceptors (Lipinski definition) is 3. The van der Waals surface area contributed by atoms with Crippen LogP contribution in [0.5, 0.6) is 0 Å². The van der Waals surface area contributed by atoms with Gasteiger partial charge in [0.1, 0.15) is 6.04 Å². The second-order valence-electron chi connectivity index (χ2n) is 2.38. The summed E-state index contributed by atoms with van der Waals surface area (Å²) in [5.41, 5.74) is 5.04. The Kier molecular flexibility index (Phi) is 2.28. The van der Waals surface area contributed by atoms with Crippen LogP contribution in [0.3, 0.4) is 0 Å². The Morgan fingerprint density at radius 2 is 2.55 bits per heavy atom. The van der Waals surface area contributed by atoms with Crippen LogP contribution < -0.4 is 11.1 Å². The van der Waals surface area contributed by atoms with Crippen molar-refractivity contribution in [2.24, 2.45) is 5.73 Å². The Bertz CT molecular complexity index is 197. The van der Waals surface area contributed by atoms with Crippen LogP contribution in [0.2, 0.25) is 0 Å². The molecule has 0 spiro atoms. The van der Waals surface area contributed by atoms with E-state index >= 15 is 0 Å². The third-order valence-corrected chi connectivity index (χ3v) is 1.68. The maximum atomic E-state index is 10.7. The third-order valence-electron chi connectivity index (χ3n) is 1.68. The van der Waals surface area contributed by atoms with Gasteiger partial charge in [0, 0.05) is 19.6 Å². The number of nitrogens with zero attached hydrogens (tertiary/aromatic N) is 2. The number of nitrogens with one attached hydrogen (secondary N) is 1. The quantitative estimate of drug-likeness (QED) is 0.463. The number of carbonyl (C=O) groups is 1. The average molecular weight is 154 g/mol. The fourth-order valence-electron chi connectivity index (χ4n) is 1.08. The molecule has 0 bridgehead atoms. The topological polar surface area (TPSA) is 82.2 Å². The second-order valence-corrected chi connectivity index (χ2v) is 2.38. The van der Waals surface area contributed by atoms with Crippen LogP contribution in [0, 0.1) is 11.3 Å². The normalized spacial score (nSPS) is 24.3. The third kappa shape index (κ3) is 1.59. The van der Waals surface area contributed by atoms with Gasteiger partial charge in [-0.2, -0.15) is 5.26 Å². The molecule has 0 saturated carbocycles. The molecule has 1 rings (SSSR count). The van der Waals surface area contributed by atoms with Gasteiger partial charge in [0.2, 0.25) is 0 Å². The number of urea groups is 1. The first-order chi connectivity index (χ1) is 5.25. The zero-order valence-corrected chi connectivity index (χ0v) is 6.08. The molecular formula is C6H10N4O. The lowest BCUT2D eigenvalue weighted by atomic mass is 10.2. The first kappa shape index (κ1) is 7.82. The monoisotopic (exact) mass is 154 g/mol. The Labute approximate surface area is 64.8 Å². The fraction of sp³-hybridized carbons (Fsp3) is 0.667. The molecule has 5 nitrogen and oxygen atoms in total. The van der Waals surface area contributed by atoms with Gasteiger partial charge in [-0.25, -0.2) is 4.79 Å². The minimum Gasteiger partial charge on any atom is -0.351 e. The Morgan fingerprint density at radius 1 is 1.82 bits per heavy atom. The number of primary amides is 1. The highest BCUT2D eigenvalue weighted by molar-refractivity contribution is 5.73. The average Bonchev–Trinajstić information content (AvgIpc) is 2.04. The fourth-order valence-corrected chi connectivity index (χ4v) is 1.08. The molecule has 11 heavy (non-hydrogen) atoms. The van der Waals surface area contributed by atoms with E-state index in [9.17, 15) is 4.79 Å². The number of nitriles is 1. The number of amides is 2. The molecule has 60 valence electrons. The van der Waals surface area contributed by atoms with E-state index in [1.54, 1.807) is 0 Å². The van der Waals surface area contributed by atoms with Gasteiger partial charge in [0.25, 0.3) is 0 Å². The smallest absolute Gasteiger partial charge is 0.315 e. The second kappa shape index (κ2) is 3.21. The zero-order valence-electron chi connectivity index (χ0n) is 6.08. The Balaban J connectivity index is 2.60. The Morgan fingerprint density at radius 3 is 3.00 bits per heavy atom. The molecule has 1 unspecified atom stereocenters. The number of rotatable bonds is 0. The number of nitrogens with two attached hydrogens (primary N) is 1. The van der Waals surface area contributed by atoms with Gasteiger partial charge < -0.3 is 16.0 Å². The van der Waals surface area contributed by atoms with E-state index in [1.807, 2.05) is 6.07 Å². The van der Waals surface area contributed by atoms with Gasteiger partial charge in [-0.15, -0.1) is 0 Å². The molecule has 0 radical (unpaired) electrons. The Hall–Kier alpha value is -1.28. The van der Waals surface area contributed by atoms with Gasteiger partial charge in [-0.1, -0.05) is 0 Å². The first-order valence-electron chi connectivity index (χ1n) is 3.42. The predicted molar refractivity (Wildman–Crippen MR) is 38.6 cm³/mol. The highest BCUT2D eigenvalue weighted by Crippen LogP contribution is 2.00. The lowest BCUT2D eigenvalue weighted by Crippen LogP contribution is -2.54. The van der Waals surface area contributed by atoms with Crippen LogP contribution in [-0.2, 0) is 0 Å². The van der Waals surface area contributed by atoms with Crippen molar-refractivity contribution < 1.29 is 4.79 Å². The molecule has 1 aliphatic heterocycles. The van der Waals surface area contributed by atoms with Crippen LogP contribution in [0.4, 0.5) is 4.79 Å². The molecule has 5 heteroatoms. The SMILES string of the molecule is N#CC1CNCCN1C(N)=O. The van der Waals surface area contributed by atoms with Crippen molar-refractivity contribution in [2.75, 3.05) is 19.6 Å².